The number of guanidine groups is 1. The van der Waals surface area contributed by atoms with Gasteiger partial charge in [-0.3, -0.25) is 0 Å². The summed E-state index contributed by atoms with van der Waals surface area (Å²) in [6.45, 7) is 9.79. The second-order valence-corrected chi connectivity index (χ2v) is 8.40. The summed E-state index contributed by atoms with van der Waals surface area (Å²) in [6.07, 6.45) is 2.20. The first kappa shape index (κ1) is 25.1. The summed E-state index contributed by atoms with van der Waals surface area (Å²) >= 11 is 0. The fraction of sp³-hybridized carbons (Fsp3) is 0.385. The molecule has 0 amide bonds. The van der Waals surface area contributed by atoms with Crippen molar-refractivity contribution in [3.63, 3.8) is 0 Å². The molecule has 1 aliphatic heterocycles. The number of aliphatic imine (C=N–C) groups is 1. The van der Waals surface area contributed by atoms with Crippen molar-refractivity contribution < 1.29 is 0 Å². The normalized spacial score (nSPS) is 14.6. The van der Waals surface area contributed by atoms with Gasteiger partial charge in [0.25, 0.3) is 0 Å². The van der Waals surface area contributed by atoms with Crippen molar-refractivity contribution >= 4 is 35.6 Å². The van der Waals surface area contributed by atoms with Crippen LogP contribution >= 0.6 is 24.0 Å². The van der Waals surface area contributed by atoms with Crippen molar-refractivity contribution in [3.05, 3.63) is 77.6 Å². The molecule has 6 nitrogen and oxygen atoms in total. The first-order valence-corrected chi connectivity index (χ1v) is 11.6. The summed E-state index contributed by atoms with van der Waals surface area (Å²) in [5.41, 5.74) is 5.72. The van der Waals surface area contributed by atoms with Crippen molar-refractivity contribution in [1.82, 2.24) is 20.4 Å². The van der Waals surface area contributed by atoms with Gasteiger partial charge in [-0.25, -0.2) is 9.67 Å². The number of anilines is 1. The third-order valence-corrected chi connectivity index (χ3v) is 5.94. The maximum atomic E-state index is 4.92. The Bertz CT molecular complexity index is 1040. The summed E-state index contributed by atoms with van der Waals surface area (Å²) in [5.74, 6) is 0.883. The average Bonchev–Trinajstić information content (AvgIpc) is 3.16. The molecular formula is C26H35IN6. The SMILES string of the molecule is CCNC(=NCc1ccccc1-n1nc(C)cc1C)NC1CCN(c2ccccc2)CC1.I. The first-order valence-electron chi connectivity index (χ1n) is 11.6. The van der Waals surface area contributed by atoms with Crippen molar-refractivity contribution in [2.75, 3.05) is 24.5 Å². The fourth-order valence-corrected chi connectivity index (χ4v) is 4.32. The molecule has 1 aliphatic rings. The lowest BCUT2D eigenvalue weighted by Gasteiger charge is -2.34. The van der Waals surface area contributed by atoms with Crippen LogP contribution < -0.4 is 15.5 Å². The highest BCUT2D eigenvalue weighted by Gasteiger charge is 2.20. The molecule has 7 heteroatoms. The lowest BCUT2D eigenvalue weighted by atomic mass is 10.0. The van der Waals surface area contributed by atoms with Crippen LogP contribution in [0, 0.1) is 13.8 Å². The van der Waals surface area contributed by atoms with Gasteiger partial charge in [0.1, 0.15) is 0 Å². The van der Waals surface area contributed by atoms with Crippen LogP contribution in [0.15, 0.2) is 65.7 Å². The maximum Gasteiger partial charge on any atom is 0.191 e. The molecule has 2 heterocycles. The minimum atomic E-state index is 0. The van der Waals surface area contributed by atoms with Crippen LogP contribution in [-0.2, 0) is 6.54 Å². The number of hydrogen-bond donors (Lipinski definition) is 2. The molecule has 33 heavy (non-hydrogen) atoms. The number of aromatic nitrogens is 2. The van der Waals surface area contributed by atoms with E-state index in [9.17, 15) is 0 Å². The molecule has 0 unspecified atom stereocenters. The van der Waals surface area contributed by atoms with E-state index < -0.39 is 0 Å². The molecule has 1 saturated heterocycles. The Labute approximate surface area is 214 Å². The highest BCUT2D eigenvalue weighted by molar-refractivity contribution is 14.0. The fourth-order valence-electron chi connectivity index (χ4n) is 4.32. The molecule has 0 saturated carbocycles. The molecule has 0 bridgehead atoms. The van der Waals surface area contributed by atoms with Crippen LogP contribution in [0.3, 0.4) is 0 Å². The summed E-state index contributed by atoms with van der Waals surface area (Å²) in [7, 11) is 0. The number of benzene rings is 2. The van der Waals surface area contributed by atoms with Crippen LogP contribution in [0.4, 0.5) is 5.69 Å². The molecule has 1 aromatic heterocycles. The van der Waals surface area contributed by atoms with Gasteiger partial charge in [-0.1, -0.05) is 36.4 Å². The van der Waals surface area contributed by atoms with E-state index in [1.165, 1.54) is 5.69 Å². The number of para-hydroxylation sites is 2. The van der Waals surface area contributed by atoms with Gasteiger partial charge in [0, 0.05) is 37.1 Å². The van der Waals surface area contributed by atoms with Crippen LogP contribution in [0.5, 0.6) is 0 Å². The van der Waals surface area contributed by atoms with Gasteiger partial charge in [0.2, 0.25) is 0 Å². The average molecular weight is 559 g/mol. The maximum absolute atomic E-state index is 4.92. The zero-order valence-corrected chi connectivity index (χ0v) is 22.1. The van der Waals surface area contributed by atoms with E-state index in [2.05, 4.69) is 95.1 Å². The van der Waals surface area contributed by atoms with Crippen molar-refractivity contribution in [3.8, 4) is 5.69 Å². The lowest BCUT2D eigenvalue weighted by molar-refractivity contribution is 0.461. The zero-order chi connectivity index (χ0) is 22.3. The lowest BCUT2D eigenvalue weighted by Crippen LogP contribution is -2.48. The van der Waals surface area contributed by atoms with E-state index in [0.717, 1.165) is 61.1 Å². The highest BCUT2D eigenvalue weighted by atomic mass is 127. The number of piperidine rings is 1. The number of nitrogens with one attached hydrogen (secondary N) is 2. The van der Waals surface area contributed by atoms with Crippen LogP contribution in [0.25, 0.3) is 5.69 Å². The number of rotatable bonds is 6. The van der Waals surface area contributed by atoms with Gasteiger partial charge < -0.3 is 15.5 Å². The summed E-state index contributed by atoms with van der Waals surface area (Å²) < 4.78 is 2.01. The quantitative estimate of drug-likeness (QED) is 0.259. The second kappa shape index (κ2) is 12.1. The molecular weight excluding hydrogens is 523 g/mol. The van der Waals surface area contributed by atoms with Crippen molar-refractivity contribution in [1.29, 1.82) is 0 Å². The van der Waals surface area contributed by atoms with E-state index in [1.807, 2.05) is 11.6 Å². The van der Waals surface area contributed by atoms with E-state index in [0.29, 0.717) is 12.6 Å². The van der Waals surface area contributed by atoms with Gasteiger partial charge in [0.15, 0.2) is 5.96 Å². The Balaban J connectivity index is 0.00000306. The molecule has 0 atom stereocenters. The number of halogens is 1. The molecule has 0 radical (unpaired) electrons. The number of nitrogens with zero attached hydrogens (tertiary/aromatic N) is 4. The molecule has 4 rings (SSSR count). The predicted octanol–water partition coefficient (Wildman–Crippen LogP) is 4.83. The first-order chi connectivity index (χ1) is 15.6. The minimum absolute atomic E-state index is 0. The van der Waals surface area contributed by atoms with Gasteiger partial charge in [-0.15, -0.1) is 24.0 Å². The molecule has 2 aromatic carbocycles. The Morgan fingerprint density at radius 1 is 1.03 bits per heavy atom. The summed E-state index contributed by atoms with van der Waals surface area (Å²) in [4.78, 5) is 7.38. The van der Waals surface area contributed by atoms with Crippen molar-refractivity contribution in [2.24, 2.45) is 4.99 Å². The molecule has 2 N–H and O–H groups in total. The third-order valence-electron chi connectivity index (χ3n) is 5.94. The Morgan fingerprint density at radius 2 is 1.73 bits per heavy atom. The smallest absolute Gasteiger partial charge is 0.191 e. The van der Waals surface area contributed by atoms with E-state index in [-0.39, 0.29) is 24.0 Å². The largest absolute Gasteiger partial charge is 0.371 e. The summed E-state index contributed by atoms with van der Waals surface area (Å²) in [5, 5.41) is 11.7. The Hall–Kier alpha value is -2.55. The third kappa shape index (κ3) is 6.50. The predicted molar refractivity (Wildman–Crippen MR) is 148 cm³/mol. The summed E-state index contributed by atoms with van der Waals surface area (Å²) in [6, 6.07) is 21.6. The zero-order valence-electron chi connectivity index (χ0n) is 19.8. The van der Waals surface area contributed by atoms with Crippen LogP contribution in [0.2, 0.25) is 0 Å². The molecule has 176 valence electrons. The van der Waals surface area contributed by atoms with E-state index in [4.69, 9.17) is 4.99 Å². The second-order valence-electron chi connectivity index (χ2n) is 8.40. The van der Waals surface area contributed by atoms with E-state index >= 15 is 0 Å². The highest BCUT2D eigenvalue weighted by Crippen LogP contribution is 2.20. The topological polar surface area (TPSA) is 57.5 Å². The van der Waals surface area contributed by atoms with Gasteiger partial charge >= 0.3 is 0 Å². The molecule has 1 fully saturated rings. The molecule has 3 aromatic rings. The molecule has 0 spiro atoms. The Kier molecular flexibility index (Phi) is 9.17. The van der Waals surface area contributed by atoms with Gasteiger partial charge in [-0.05, 0) is 63.4 Å². The van der Waals surface area contributed by atoms with Crippen molar-refractivity contribution in [2.45, 2.75) is 46.2 Å². The number of hydrogen-bond acceptors (Lipinski definition) is 3. The molecule has 0 aliphatic carbocycles. The van der Waals surface area contributed by atoms with Crippen LogP contribution in [-0.4, -0.2) is 41.4 Å². The minimum Gasteiger partial charge on any atom is -0.371 e. The Morgan fingerprint density at radius 3 is 2.39 bits per heavy atom. The van der Waals surface area contributed by atoms with Crippen LogP contribution in [0.1, 0.15) is 36.7 Å². The van der Waals surface area contributed by atoms with Gasteiger partial charge in [0.05, 0.1) is 17.9 Å². The van der Waals surface area contributed by atoms with E-state index in [1.54, 1.807) is 0 Å². The monoisotopic (exact) mass is 558 g/mol. The number of aryl methyl sites for hydroxylation is 2. The standard InChI is InChI=1S/C26H34N6.HI/c1-4-27-26(29-23-14-16-31(17-15-23)24-11-6-5-7-12-24)28-19-22-10-8-9-13-25(22)32-21(3)18-20(2)30-32;/h5-13,18,23H,4,14-17,19H2,1-3H3,(H2,27,28,29);1H. The van der Waals surface area contributed by atoms with Gasteiger partial charge in [-0.2, -0.15) is 5.10 Å².